The Morgan fingerprint density at radius 1 is 0.935 bits per heavy atom. The smallest absolute Gasteiger partial charge is 0.271 e. The number of likely N-dealkylation sites (tertiary alicyclic amines) is 1. The van der Waals surface area contributed by atoms with E-state index in [1.54, 1.807) is 23.2 Å². The summed E-state index contributed by atoms with van der Waals surface area (Å²) < 4.78 is 0. The van der Waals surface area contributed by atoms with Crippen molar-refractivity contribution in [3.05, 3.63) is 78.0 Å². The molecule has 158 valence electrons. The number of piperidine rings is 1. The molecule has 0 radical (unpaired) electrons. The Hall–Kier alpha value is -3.87. The Bertz CT molecular complexity index is 1110. The van der Waals surface area contributed by atoms with Crippen LogP contribution < -0.4 is 10.9 Å². The van der Waals surface area contributed by atoms with Crippen molar-refractivity contribution < 1.29 is 14.4 Å². The van der Waals surface area contributed by atoms with Gasteiger partial charge in [-0.1, -0.05) is 48.5 Å². The van der Waals surface area contributed by atoms with Gasteiger partial charge in [0.1, 0.15) is 0 Å². The molecular formula is C24H24N4O3. The van der Waals surface area contributed by atoms with Crippen LogP contribution in [0, 0.1) is 5.92 Å². The normalized spacial score (nSPS) is 14.6. The van der Waals surface area contributed by atoms with Crippen LogP contribution >= 0.6 is 0 Å². The number of carbonyl (C=O) groups is 3. The van der Waals surface area contributed by atoms with Gasteiger partial charge in [-0.05, 0) is 30.5 Å². The van der Waals surface area contributed by atoms with Crippen LogP contribution in [0.2, 0.25) is 0 Å². The van der Waals surface area contributed by atoms with Gasteiger partial charge in [0.25, 0.3) is 5.91 Å². The fourth-order valence-corrected chi connectivity index (χ4v) is 3.75. The molecule has 4 rings (SSSR count). The average Bonchev–Trinajstić information content (AvgIpc) is 3.26. The second kappa shape index (κ2) is 9.30. The summed E-state index contributed by atoms with van der Waals surface area (Å²) in [6.07, 6.45) is 6.09. The third-order valence-corrected chi connectivity index (χ3v) is 5.53. The van der Waals surface area contributed by atoms with E-state index >= 15 is 0 Å². The highest BCUT2D eigenvalue weighted by Crippen LogP contribution is 2.19. The van der Waals surface area contributed by atoms with E-state index in [1.807, 2.05) is 54.6 Å². The van der Waals surface area contributed by atoms with E-state index in [0.717, 1.165) is 16.5 Å². The molecular weight excluding hydrogens is 392 g/mol. The molecule has 1 saturated heterocycles. The molecule has 7 nitrogen and oxygen atoms in total. The Balaban J connectivity index is 1.25. The molecule has 0 saturated carbocycles. The summed E-state index contributed by atoms with van der Waals surface area (Å²) in [5.74, 6) is -0.912. The van der Waals surface area contributed by atoms with Gasteiger partial charge in [0.15, 0.2) is 0 Å². The highest BCUT2D eigenvalue weighted by atomic mass is 16.2. The number of nitrogens with one attached hydrogen (secondary N) is 3. The van der Waals surface area contributed by atoms with Crippen molar-refractivity contribution in [3.63, 3.8) is 0 Å². The number of H-pyrrole nitrogens is 1. The Morgan fingerprint density at radius 2 is 1.65 bits per heavy atom. The molecule has 3 aromatic rings. The molecule has 0 spiro atoms. The van der Waals surface area contributed by atoms with Crippen molar-refractivity contribution >= 4 is 34.7 Å². The zero-order valence-electron chi connectivity index (χ0n) is 17.0. The predicted octanol–water partition coefficient (Wildman–Crippen LogP) is 2.88. The average molecular weight is 416 g/mol. The van der Waals surface area contributed by atoms with Crippen LogP contribution in [0.1, 0.15) is 28.8 Å². The first kappa shape index (κ1) is 20.4. The molecule has 0 bridgehead atoms. The van der Waals surface area contributed by atoms with Gasteiger partial charge in [0.05, 0.1) is 5.56 Å². The first-order chi connectivity index (χ1) is 15.1. The molecule has 1 aliphatic rings. The molecule has 2 heterocycles. The van der Waals surface area contributed by atoms with Crippen LogP contribution in [0.25, 0.3) is 17.0 Å². The minimum Gasteiger partial charge on any atom is -0.360 e. The second-order valence-electron chi connectivity index (χ2n) is 7.53. The van der Waals surface area contributed by atoms with Gasteiger partial charge >= 0.3 is 0 Å². The molecule has 3 N–H and O–H groups in total. The Kier molecular flexibility index (Phi) is 6.12. The molecule has 31 heavy (non-hydrogen) atoms. The maximum Gasteiger partial charge on any atom is 0.271 e. The third kappa shape index (κ3) is 4.83. The van der Waals surface area contributed by atoms with Gasteiger partial charge in [-0.2, -0.15) is 0 Å². The van der Waals surface area contributed by atoms with Crippen molar-refractivity contribution in [2.75, 3.05) is 13.1 Å². The monoisotopic (exact) mass is 416 g/mol. The highest BCUT2D eigenvalue weighted by molar-refractivity contribution is 6.07. The van der Waals surface area contributed by atoms with Crippen LogP contribution in [-0.4, -0.2) is 40.7 Å². The standard InChI is InChI=1S/C24H24N4O3/c29-22(11-10-17-6-2-1-3-7-17)28-14-12-18(13-15-28)23(30)26-27-24(31)20-16-25-21-9-5-4-8-19(20)21/h1-11,16,18,25H,12-15H2,(H,26,30)(H,27,31)/b11-10+. The number of hydrazine groups is 1. The summed E-state index contributed by atoms with van der Waals surface area (Å²) in [6, 6.07) is 17.1. The van der Waals surface area contributed by atoms with Crippen LogP contribution in [0.4, 0.5) is 0 Å². The lowest BCUT2D eigenvalue weighted by Crippen LogP contribution is -2.48. The van der Waals surface area contributed by atoms with Gasteiger partial charge in [0, 0.05) is 42.2 Å². The molecule has 7 heteroatoms. The van der Waals surface area contributed by atoms with Crippen molar-refractivity contribution in [2.24, 2.45) is 5.92 Å². The van der Waals surface area contributed by atoms with Gasteiger partial charge in [-0.3, -0.25) is 25.2 Å². The fraction of sp³-hybridized carbons (Fsp3) is 0.208. The topological polar surface area (TPSA) is 94.3 Å². The SMILES string of the molecule is O=C(NNC(=O)C1CCN(C(=O)/C=C/c2ccccc2)CC1)c1c[nH]c2ccccc12. The van der Waals surface area contributed by atoms with Crippen LogP contribution in [0.5, 0.6) is 0 Å². The summed E-state index contributed by atoms with van der Waals surface area (Å²) >= 11 is 0. The van der Waals surface area contributed by atoms with E-state index in [0.29, 0.717) is 31.5 Å². The van der Waals surface area contributed by atoms with Gasteiger partial charge in [-0.25, -0.2) is 0 Å². The summed E-state index contributed by atoms with van der Waals surface area (Å²) in [4.78, 5) is 42.1. The van der Waals surface area contributed by atoms with Crippen molar-refractivity contribution in [2.45, 2.75) is 12.8 Å². The predicted molar refractivity (Wildman–Crippen MR) is 119 cm³/mol. The number of benzene rings is 2. The minimum absolute atomic E-state index is 0.0599. The minimum atomic E-state index is -0.371. The largest absolute Gasteiger partial charge is 0.360 e. The summed E-state index contributed by atoms with van der Waals surface area (Å²) in [5.41, 5.74) is 7.32. The molecule has 0 unspecified atom stereocenters. The number of fused-ring (bicyclic) bond motifs is 1. The van der Waals surface area contributed by atoms with E-state index in [2.05, 4.69) is 15.8 Å². The maximum atomic E-state index is 12.5. The molecule has 1 aliphatic heterocycles. The number of para-hydroxylation sites is 1. The van der Waals surface area contributed by atoms with Gasteiger partial charge in [0.2, 0.25) is 11.8 Å². The third-order valence-electron chi connectivity index (χ3n) is 5.53. The van der Waals surface area contributed by atoms with E-state index in [-0.39, 0.29) is 23.6 Å². The summed E-state index contributed by atoms with van der Waals surface area (Å²) in [5, 5.41) is 0.796. The number of hydrogen-bond acceptors (Lipinski definition) is 3. The van der Waals surface area contributed by atoms with Crippen molar-refractivity contribution in [1.29, 1.82) is 0 Å². The number of carbonyl (C=O) groups excluding carboxylic acids is 3. The van der Waals surface area contributed by atoms with Gasteiger partial charge < -0.3 is 9.88 Å². The Morgan fingerprint density at radius 3 is 2.42 bits per heavy atom. The zero-order valence-corrected chi connectivity index (χ0v) is 17.0. The zero-order chi connectivity index (χ0) is 21.6. The van der Waals surface area contributed by atoms with Crippen LogP contribution in [-0.2, 0) is 9.59 Å². The van der Waals surface area contributed by atoms with Crippen molar-refractivity contribution in [3.8, 4) is 0 Å². The second-order valence-corrected chi connectivity index (χ2v) is 7.53. The highest BCUT2D eigenvalue weighted by Gasteiger charge is 2.27. The molecule has 2 aromatic carbocycles. The summed E-state index contributed by atoms with van der Waals surface area (Å²) in [6.45, 7) is 1.01. The van der Waals surface area contributed by atoms with Crippen LogP contribution in [0.3, 0.4) is 0 Å². The van der Waals surface area contributed by atoms with Crippen molar-refractivity contribution in [1.82, 2.24) is 20.7 Å². The lowest BCUT2D eigenvalue weighted by Gasteiger charge is -2.30. The maximum absolute atomic E-state index is 12.5. The van der Waals surface area contributed by atoms with E-state index in [1.165, 1.54) is 0 Å². The van der Waals surface area contributed by atoms with E-state index in [4.69, 9.17) is 0 Å². The number of hydrogen-bond donors (Lipinski definition) is 3. The quantitative estimate of drug-likeness (QED) is 0.451. The first-order valence-electron chi connectivity index (χ1n) is 10.3. The number of rotatable bonds is 4. The van der Waals surface area contributed by atoms with Gasteiger partial charge in [-0.15, -0.1) is 0 Å². The fourth-order valence-electron chi connectivity index (χ4n) is 3.75. The molecule has 1 fully saturated rings. The number of aromatic amines is 1. The van der Waals surface area contributed by atoms with Crippen LogP contribution in [0.15, 0.2) is 66.9 Å². The lowest BCUT2D eigenvalue weighted by molar-refractivity contribution is -0.132. The lowest BCUT2D eigenvalue weighted by atomic mass is 9.96. The molecule has 0 aliphatic carbocycles. The number of aromatic nitrogens is 1. The number of nitrogens with zero attached hydrogens (tertiary/aromatic N) is 1. The molecule has 3 amide bonds. The van der Waals surface area contributed by atoms with E-state index in [9.17, 15) is 14.4 Å². The summed E-state index contributed by atoms with van der Waals surface area (Å²) in [7, 11) is 0. The number of amides is 3. The van der Waals surface area contributed by atoms with E-state index < -0.39 is 0 Å². The first-order valence-corrected chi connectivity index (χ1v) is 10.3. The molecule has 1 aromatic heterocycles. The Labute approximate surface area is 180 Å². The molecule has 0 atom stereocenters.